The molecule has 138 valence electrons. The minimum Gasteiger partial charge on any atom is -0.357 e. The van der Waals surface area contributed by atoms with Gasteiger partial charge in [0.05, 0.1) is 18.7 Å². The largest absolute Gasteiger partial charge is 0.357 e. The zero-order chi connectivity index (χ0) is 18.1. The van der Waals surface area contributed by atoms with E-state index in [1.54, 1.807) is 0 Å². The number of nitrogens with two attached hydrogens (primary N) is 1. The first-order chi connectivity index (χ1) is 12.6. The third kappa shape index (κ3) is 3.52. The van der Waals surface area contributed by atoms with Gasteiger partial charge in [0, 0.05) is 43.8 Å². The van der Waals surface area contributed by atoms with Crippen LogP contribution in [0.3, 0.4) is 0 Å². The van der Waals surface area contributed by atoms with E-state index in [1.807, 2.05) is 12.1 Å². The molecule has 1 aromatic heterocycles. The second kappa shape index (κ2) is 7.21. The van der Waals surface area contributed by atoms with Gasteiger partial charge in [0.15, 0.2) is 0 Å². The van der Waals surface area contributed by atoms with Crippen LogP contribution in [0.5, 0.6) is 0 Å². The smallest absolute Gasteiger partial charge is 0.143 e. The van der Waals surface area contributed by atoms with E-state index in [2.05, 4.69) is 46.9 Å². The lowest BCUT2D eigenvalue weighted by molar-refractivity contribution is 0.109. The minimum atomic E-state index is 0.296. The lowest BCUT2D eigenvalue weighted by Gasteiger charge is -2.42. The summed E-state index contributed by atoms with van der Waals surface area (Å²) in [4.78, 5) is 16.6. The quantitative estimate of drug-likeness (QED) is 0.910. The first kappa shape index (κ1) is 17.2. The maximum absolute atomic E-state index is 6.15. The van der Waals surface area contributed by atoms with Gasteiger partial charge < -0.3 is 15.5 Å². The van der Waals surface area contributed by atoms with E-state index in [4.69, 9.17) is 15.7 Å². The van der Waals surface area contributed by atoms with Gasteiger partial charge in [-0.2, -0.15) is 0 Å². The number of hydrogen-bond acceptors (Lipinski definition) is 6. The molecule has 1 atom stereocenters. The SMILES string of the molecule is Cc1nc(CN2CC=C(N3CCC[C@@H](N)C3)N(C)C2)nc2ccccc12. The Kier molecular flexibility index (Phi) is 4.78. The van der Waals surface area contributed by atoms with Crippen LogP contribution in [-0.2, 0) is 6.54 Å². The van der Waals surface area contributed by atoms with Crippen LogP contribution in [0.2, 0.25) is 0 Å². The van der Waals surface area contributed by atoms with E-state index in [9.17, 15) is 0 Å². The van der Waals surface area contributed by atoms with Crippen molar-refractivity contribution in [2.75, 3.05) is 33.4 Å². The lowest BCUT2D eigenvalue weighted by atomic mass is 10.1. The van der Waals surface area contributed by atoms with E-state index < -0.39 is 0 Å². The van der Waals surface area contributed by atoms with E-state index in [0.29, 0.717) is 6.04 Å². The maximum Gasteiger partial charge on any atom is 0.143 e. The number of likely N-dealkylation sites (tertiary alicyclic amines) is 1. The molecule has 0 bridgehead atoms. The zero-order valence-corrected chi connectivity index (χ0v) is 15.7. The van der Waals surface area contributed by atoms with E-state index in [1.165, 1.54) is 12.2 Å². The Morgan fingerprint density at radius 3 is 2.88 bits per heavy atom. The second-order valence-electron chi connectivity index (χ2n) is 7.50. The summed E-state index contributed by atoms with van der Waals surface area (Å²) < 4.78 is 0. The second-order valence-corrected chi connectivity index (χ2v) is 7.50. The van der Waals surface area contributed by atoms with Gasteiger partial charge in [-0.25, -0.2) is 9.97 Å². The Labute approximate surface area is 155 Å². The number of hydrogen-bond donors (Lipinski definition) is 1. The monoisotopic (exact) mass is 352 g/mol. The molecule has 2 N–H and O–H groups in total. The summed E-state index contributed by atoms with van der Waals surface area (Å²) >= 11 is 0. The molecule has 2 aliphatic heterocycles. The number of aromatic nitrogens is 2. The predicted octanol–water partition coefficient (Wildman–Crippen LogP) is 1.91. The number of piperidine rings is 1. The van der Waals surface area contributed by atoms with Crippen molar-refractivity contribution in [2.24, 2.45) is 5.73 Å². The van der Waals surface area contributed by atoms with E-state index >= 15 is 0 Å². The van der Waals surface area contributed by atoms with Crippen LogP contribution in [0.1, 0.15) is 24.4 Å². The Morgan fingerprint density at radius 1 is 1.23 bits per heavy atom. The molecule has 2 aliphatic rings. The predicted molar refractivity (Wildman–Crippen MR) is 104 cm³/mol. The van der Waals surface area contributed by atoms with Crippen molar-refractivity contribution in [1.29, 1.82) is 0 Å². The highest BCUT2D eigenvalue weighted by Gasteiger charge is 2.25. The zero-order valence-electron chi connectivity index (χ0n) is 15.7. The number of nitrogens with zero attached hydrogens (tertiary/aromatic N) is 5. The molecule has 1 saturated heterocycles. The fraction of sp³-hybridized carbons (Fsp3) is 0.500. The van der Waals surface area contributed by atoms with Crippen molar-refractivity contribution in [3.63, 3.8) is 0 Å². The Bertz CT molecular complexity index is 817. The molecule has 1 aromatic carbocycles. The van der Waals surface area contributed by atoms with Crippen molar-refractivity contribution in [1.82, 2.24) is 24.7 Å². The van der Waals surface area contributed by atoms with Crippen molar-refractivity contribution in [3.8, 4) is 0 Å². The van der Waals surface area contributed by atoms with Gasteiger partial charge in [0.2, 0.25) is 0 Å². The summed E-state index contributed by atoms with van der Waals surface area (Å²) in [5.74, 6) is 2.21. The van der Waals surface area contributed by atoms with Gasteiger partial charge in [-0.3, -0.25) is 4.90 Å². The molecule has 0 unspecified atom stereocenters. The summed E-state index contributed by atoms with van der Waals surface area (Å²) in [5, 5.41) is 1.13. The maximum atomic E-state index is 6.15. The highest BCUT2D eigenvalue weighted by atomic mass is 15.4. The molecule has 0 spiro atoms. The molecule has 26 heavy (non-hydrogen) atoms. The third-order valence-electron chi connectivity index (χ3n) is 5.32. The average Bonchev–Trinajstić information content (AvgIpc) is 2.62. The summed E-state index contributed by atoms with van der Waals surface area (Å²) in [6.07, 6.45) is 4.63. The van der Waals surface area contributed by atoms with Crippen molar-refractivity contribution < 1.29 is 0 Å². The fourth-order valence-corrected chi connectivity index (χ4v) is 4.07. The minimum absolute atomic E-state index is 0.296. The average molecular weight is 352 g/mol. The van der Waals surface area contributed by atoms with Crippen LogP contribution < -0.4 is 5.73 Å². The summed E-state index contributed by atoms with van der Waals surface area (Å²) in [7, 11) is 2.16. The molecular formula is C20H28N6. The Hall–Kier alpha value is -2.18. The van der Waals surface area contributed by atoms with Gasteiger partial charge in [-0.15, -0.1) is 0 Å². The number of aryl methyl sites for hydroxylation is 1. The van der Waals surface area contributed by atoms with E-state index in [0.717, 1.165) is 61.7 Å². The molecule has 4 rings (SSSR count). The molecule has 0 radical (unpaired) electrons. The van der Waals surface area contributed by atoms with Gasteiger partial charge in [-0.1, -0.05) is 18.2 Å². The van der Waals surface area contributed by atoms with Gasteiger partial charge >= 0.3 is 0 Å². The van der Waals surface area contributed by atoms with Crippen LogP contribution in [-0.4, -0.2) is 64.1 Å². The van der Waals surface area contributed by atoms with Crippen LogP contribution >= 0.6 is 0 Å². The standard InChI is InChI=1S/C20H28N6/c1-15-17-7-3-4-8-18(17)23-19(22-15)13-25-11-9-20(24(2)14-25)26-10-5-6-16(21)12-26/h3-4,7-9,16H,5-6,10-14,21H2,1-2H3/t16-/m1/s1. The summed E-state index contributed by atoms with van der Waals surface area (Å²) in [5.41, 5.74) is 8.23. The number of fused-ring (bicyclic) bond motifs is 1. The number of rotatable bonds is 3. The molecule has 6 nitrogen and oxygen atoms in total. The molecule has 2 aromatic rings. The molecule has 0 amide bonds. The first-order valence-corrected chi connectivity index (χ1v) is 9.46. The Balaban J connectivity index is 1.47. The van der Waals surface area contributed by atoms with Gasteiger partial charge in [0.25, 0.3) is 0 Å². The van der Waals surface area contributed by atoms with Gasteiger partial charge in [-0.05, 0) is 31.9 Å². The Morgan fingerprint density at radius 2 is 2.08 bits per heavy atom. The molecule has 1 fully saturated rings. The molecule has 0 saturated carbocycles. The van der Waals surface area contributed by atoms with Crippen molar-refractivity contribution in [3.05, 3.63) is 47.7 Å². The molecule has 0 aliphatic carbocycles. The van der Waals surface area contributed by atoms with Crippen LogP contribution in [0.4, 0.5) is 0 Å². The summed E-state index contributed by atoms with van der Waals surface area (Å²) in [6, 6.07) is 8.52. The normalized spacial score (nSPS) is 22.0. The number of benzene rings is 1. The molecular weight excluding hydrogens is 324 g/mol. The number of para-hydroxylation sites is 1. The fourth-order valence-electron chi connectivity index (χ4n) is 4.07. The van der Waals surface area contributed by atoms with E-state index in [-0.39, 0.29) is 0 Å². The summed E-state index contributed by atoms with van der Waals surface area (Å²) in [6.45, 7) is 6.69. The highest BCUT2D eigenvalue weighted by molar-refractivity contribution is 5.80. The van der Waals surface area contributed by atoms with Crippen LogP contribution in [0.25, 0.3) is 10.9 Å². The first-order valence-electron chi connectivity index (χ1n) is 9.46. The lowest BCUT2D eigenvalue weighted by Crippen LogP contribution is -2.49. The third-order valence-corrected chi connectivity index (χ3v) is 5.32. The van der Waals surface area contributed by atoms with Crippen LogP contribution in [0.15, 0.2) is 36.2 Å². The van der Waals surface area contributed by atoms with Gasteiger partial charge in [0.1, 0.15) is 11.6 Å². The van der Waals surface area contributed by atoms with Crippen molar-refractivity contribution >= 4 is 10.9 Å². The van der Waals surface area contributed by atoms with Crippen LogP contribution in [0, 0.1) is 6.92 Å². The highest BCUT2D eigenvalue weighted by Crippen LogP contribution is 2.21. The topological polar surface area (TPSA) is 61.5 Å². The van der Waals surface area contributed by atoms with Crippen molar-refractivity contribution in [2.45, 2.75) is 32.4 Å². The molecule has 6 heteroatoms. The molecule has 3 heterocycles.